The quantitative estimate of drug-likeness (QED) is 0.800. The van der Waals surface area contributed by atoms with Gasteiger partial charge >= 0.3 is 0 Å². The number of ether oxygens (including phenoxy) is 2. The normalized spacial score (nSPS) is 15.3. The third-order valence-corrected chi connectivity index (χ3v) is 4.68. The van der Waals surface area contributed by atoms with Crippen LogP contribution in [0, 0.1) is 6.92 Å². The molecule has 0 spiro atoms. The van der Waals surface area contributed by atoms with Crippen LogP contribution in [0.4, 0.5) is 5.69 Å². The summed E-state index contributed by atoms with van der Waals surface area (Å²) in [5.41, 5.74) is 3.17. The van der Waals surface area contributed by atoms with Crippen LogP contribution in [0.25, 0.3) is 6.08 Å². The minimum absolute atomic E-state index is 0.0961. The summed E-state index contributed by atoms with van der Waals surface area (Å²) in [4.78, 5) is 12.9. The predicted octanol–water partition coefficient (Wildman–Crippen LogP) is 4.18. The Kier molecular flexibility index (Phi) is 5.10. The van der Waals surface area contributed by atoms with E-state index in [9.17, 15) is 9.90 Å². The van der Waals surface area contributed by atoms with Crippen molar-refractivity contribution in [2.45, 2.75) is 13.8 Å². The Morgan fingerprint density at radius 3 is 2.30 bits per heavy atom. The van der Waals surface area contributed by atoms with Gasteiger partial charge in [0, 0.05) is 5.02 Å². The second-order valence-electron chi connectivity index (χ2n) is 6.07. The van der Waals surface area contributed by atoms with E-state index >= 15 is 0 Å². The Hall–Kier alpha value is -2.99. The number of benzene rings is 2. The van der Waals surface area contributed by atoms with E-state index in [0.717, 1.165) is 5.56 Å². The third-order valence-electron chi connectivity index (χ3n) is 4.28. The molecule has 0 aliphatic carbocycles. The van der Waals surface area contributed by atoms with Gasteiger partial charge in [-0.15, -0.1) is 0 Å². The Labute approximate surface area is 162 Å². The van der Waals surface area contributed by atoms with Crippen molar-refractivity contribution in [1.82, 2.24) is 0 Å². The van der Waals surface area contributed by atoms with Crippen LogP contribution >= 0.6 is 11.6 Å². The molecular weight excluding hydrogens is 368 g/mol. The van der Waals surface area contributed by atoms with E-state index in [4.69, 9.17) is 21.1 Å². The zero-order chi connectivity index (χ0) is 19.7. The van der Waals surface area contributed by atoms with Crippen LogP contribution in [0.5, 0.6) is 17.2 Å². The number of rotatable bonds is 4. The molecule has 1 amide bonds. The number of hydrogen-bond donors (Lipinski definition) is 1. The molecule has 0 fully saturated rings. The van der Waals surface area contributed by atoms with Crippen molar-refractivity contribution in [1.29, 1.82) is 0 Å². The third kappa shape index (κ3) is 3.48. The summed E-state index contributed by atoms with van der Waals surface area (Å²) in [7, 11) is 2.89. The summed E-state index contributed by atoms with van der Waals surface area (Å²) < 4.78 is 10.3. The van der Waals surface area contributed by atoms with Gasteiger partial charge in [0.05, 0.1) is 31.2 Å². The first-order chi connectivity index (χ1) is 12.8. The topological polar surface area (TPSA) is 71.4 Å². The first-order valence-electron chi connectivity index (χ1n) is 8.18. The van der Waals surface area contributed by atoms with Crippen molar-refractivity contribution in [3.05, 3.63) is 52.1 Å². The van der Waals surface area contributed by atoms with Crippen LogP contribution in [-0.2, 0) is 4.79 Å². The second kappa shape index (κ2) is 7.32. The Balaban J connectivity index is 2.00. The molecule has 0 saturated heterocycles. The van der Waals surface area contributed by atoms with E-state index in [1.807, 2.05) is 13.0 Å². The minimum Gasteiger partial charge on any atom is -0.502 e. The van der Waals surface area contributed by atoms with Gasteiger partial charge in [-0.05, 0) is 55.3 Å². The van der Waals surface area contributed by atoms with Gasteiger partial charge in [-0.25, -0.2) is 0 Å². The Bertz CT molecular complexity index is 957. The van der Waals surface area contributed by atoms with Gasteiger partial charge in [0.1, 0.15) is 0 Å². The number of halogens is 1. The zero-order valence-electron chi connectivity index (χ0n) is 15.4. The summed E-state index contributed by atoms with van der Waals surface area (Å²) in [6, 6.07) is 8.59. The molecule has 1 aliphatic rings. The molecule has 1 N–H and O–H groups in total. The molecule has 0 atom stereocenters. The second-order valence-corrected chi connectivity index (χ2v) is 6.48. The molecule has 7 heteroatoms. The zero-order valence-corrected chi connectivity index (χ0v) is 16.2. The highest BCUT2D eigenvalue weighted by Gasteiger charge is 2.29. The lowest BCUT2D eigenvalue weighted by Gasteiger charge is -2.13. The van der Waals surface area contributed by atoms with E-state index in [0.29, 0.717) is 27.6 Å². The average molecular weight is 387 g/mol. The van der Waals surface area contributed by atoms with Crippen molar-refractivity contribution in [3.8, 4) is 17.2 Å². The Morgan fingerprint density at radius 2 is 1.74 bits per heavy atom. The highest BCUT2D eigenvalue weighted by Crippen LogP contribution is 2.38. The van der Waals surface area contributed by atoms with Crippen LogP contribution in [-0.4, -0.2) is 30.9 Å². The number of phenolic OH excluding ortho intramolecular Hbond substituents is 1. The summed E-state index contributed by atoms with van der Waals surface area (Å²) in [5, 5.41) is 16.3. The predicted molar refractivity (Wildman–Crippen MR) is 106 cm³/mol. The number of amides is 1. The van der Waals surface area contributed by atoms with E-state index in [1.54, 1.807) is 37.3 Å². The van der Waals surface area contributed by atoms with Gasteiger partial charge < -0.3 is 14.6 Å². The summed E-state index contributed by atoms with van der Waals surface area (Å²) in [6.07, 6.45) is 1.68. The van der Waals surface area contributed by atoms with Crippen LogP contribution in [0.3, 0.4) is 0 Å². The fourth-order valence-corrected chi connectivity index (χ4v) is 2.91. The standard InChI is InChI=1S/C20H19ClN2O4/c1-11-5-6-14(10-16(11)21)23-20(25)15(12(2)22-23)7-13-8-17(26-3)19(24)18(9-13)27-4/h5-10,24H,1-4H3/b15-7-. The number of anilines is 1. The lowest BCUT2D eigenvalue weighted by atomic mass is 10.1. The highest BCUT2D eigenvalue weighted by atomic mass is 35.5. The number of carbonyl (C=O) groups excluding carboxylic acids is 1. The van der Waals surface area contributed by atoms with Crippen LogP contribution in [0.2, 0.25) is 5.02 Å². The number of hydrogen-bond acceptors (Lipinski definition) is 5. The minimum atomic E-state index is -0.265. The van der Waals surface area contributed by atoms with E-state index in [2.05, 4.69) is 5.10 Å². The summed E-state index contributed by atoms with van der Waals surface area (Å²) >= 11 is 6.17. The maximum atomic E-state index is 12.9. The number of nitrogens with zero attached hydrogens (tertiary/aromatic N) is 2. The molecule has 2 aromatic carbocycles. The molecule has 0 bridgehead atoms. The average Bonchev–Trinajstić information content (AvgIpc) is 2.93. The first kappa shape index (κ1) is 18.8. The maximum Gasteiger partial charge on any atom is 0.280 e. The van der Waals surface area contributed by atoms with E-state index < -0.39 is 0 Å². The number of aryl methyl sites for hydroxylation is 1. The van der Waals surface area contributed by atoms with Gasteiger partial charge in [-0.1, -0.05) is 17.7 Å². The molecule has 6 nitrogen and oxygen atoms in total. The number of phenols is 1. The van der Waals surface area contributed by atoms with Crippen molar-refractivity contribution < 1.29 is 19.4 Å². The highest BCUT2D eigenvalue weighted by molar-refractivity contribution is 6.33. The molecule has 140 valence electrons. The van der Waals surface area contributed by atoms with E-state index in [-0.39, 0.29) is 23.2 Å². The smallest absolute Gasteiger partial charge is 0.280 e. The molecule has 2 aromatic rings. The molecule has 27 heavy (non-hydrogen) atoms. The largest absolute Gasteiger partial charge is 0.502 e. The molecule has 1 aliphatic heterocycles. The molecule has 0 unspecified atom stereocenters. The fourth-order valence-electron chi connectivity index (χ4n) is 2.74. The number of hydrazone groups is 1. The number of carbonyl (C=O) groups is 1. The number of aromatic hydroxyl groups is 1. The fraction of sp³-hybridized carbons (Fsp3) is 0.200. The van der Waals surface area contributed by atoms with Crippen LogP contribution < -0.4 is 14.5 Å². The monoisotopic (exact) mass is 386 g/mol. The summed E-state index contributed by atoms with van der Waals surface area (Å²) in [5.74, 6) is 0.145. The van der Waals surface area contributed by atoms with Crippen molar-refractivity contribution in [2.24, 2.45) is 5.10 Å². The molecule has 0 saturated carbocycles. The van der Waals surface area contributed by atoms with Gasteiger partial charge in [0.2, 0.25) is 5.75 Å². The maximum absolute atomic E-state index is 12.9. The van der Waals surface area contributed by atoms with Crippen molar-refractivity contribution >= 4 is 35.0 Å². The first-order valence-corrected chi connectivity index (χ1v) is 8.56. The van der Waals surface area contributed by atoms with Crippen molar-refractivity contribution in [3.63, 3.8) is 0 Å². The van der Waals surface area contributed by atoms with Gasteiger partial charge in [-0.3, -0.25) is 4.79 Å². The lowest BCUT2D eigenvalue weighted by Crippen LogP contribution is -2.21. The van der Waals surface area contributed by atoms with Gasteiger partial charge in [0.15, 0.2) is 11.5 Å². The molecule has 0 radical (unpaired) electrons. The number of methoxy groups -OCH3 is 2. The summed E-state index contributed by atoms with van der Waals surface area (Å²) in [6.45, 7) is 3.65. The van der Waals surface area contributed by atoms with Gasteiger partial charge in [0.25, 0.3) is 5.91 Å². The molecule has 0 aromatic heterocycles. The van der Waals surface area contributed by atoms with Crippen LogP contribution in [0.1, 0.15) is 18.1 Å². The molecule has 1 heterocycles. The van der Waals surface area contributed by atoms with Crippen LogP contribution in [0.15, 0.2) is 41.0 Å². The Morgan fingerprint density at radius 1 is 1.11 bits per heavy atom. The van der Waals surface area contributed by atoms with Crippen molar-refractivity contribution in [2.75, 3.05) is 19.2 Å². The molecule has 3 rings (SSSR count). The van der Waals surface area contributed by atoms with E-state index in [1.165, 1.54) is 19.2 Å². The lowest BCUT2D eigenvalue weighted by molar-refractivity contribution is -0.114. The molecular formula is C20H19ClN2O4. The SMILES string of the molecule is COc1cc(/C=C2\C(=O)N(c3ccc(C)c(Cl)c3)N=C2C)cc(OC)c1O. The van der Waals surface area contributed by atoms with Gasteiger partial charge in [-0.2, -0.15) is 10.1 Å².